The Balaban J connectivity index is 1.54. The number of carbonyl (C=O) groups excluding carboxylic acids is 1. The molecule has 7 heteroatoms. The van der Waals surface area contributed by atoms with E-state index in [-0.39, 0.29) is 12.5 Å². The Morgan fingerprint density at radius 1 is 1.15 bits per heavy atom. The normalized spacial score (nSPS) is 14.9. The zero-order valence-corrected chi connectivity index (χ0v) is 17.6. The number of amides is 1. The molecule has 0 radical (unpaired) electrons. The summed E-state index contributed by atoms with van der Waals surface area (Å²) in [7, 11) is 0. The number of hydrogen-bond acceptors (Lipinski definition) is 4. The maximum absolute atomic E-state index is 12.1. The Labute approximate surface area is 173 Å². The van der Waals surface area contributed by atoms with Crippen LogP contribution in [0.2, 0.25) is 5.02 Å². The molecule has 1 aliphatic rings. The first-order chi connectivity index (χ1) is 13.0. The van der Waals surface area contributed by atoms with Crippen LogP contribution in [0, 0.1) is 0 Å². The van der Waals surface area contributed by atoms with Crippen LogP contribution < -0.4 is 15.0 Å². The molecule has 1 saturated heterocycles. The molecule has 2 aromatic rings. The highest BCUT2D eigenvalue weighted by atomic mass is 79.9. The van der Waals surface area contributed by atoms with Crippen LogP contribution in [0.4, 0.5) is 11.4 Å². The Hall–Kier alpha value is -1.76. The molecule has 5 nitrogen and oxygen atoms in total. The molecule has 0 atom stereocenters. The molecule has 2 aromatic carbocycles. The Kier molecular flexibility index (Phi) is 6.99. The standard InChI is InChI=1S/C20H23BrClN3O2/c1-2-24-9-11-25(12-10-24)19-8-5-16(13-18(19)22)23-20(26)14-27-17-6-3-15(21)4-7-17/h3-8,13H,2,9-12,14H2,1H3,(H,23,26). The lowest BCUT2D eigenvalue weighted by atomic mass is 10.2. The molecule has 0 bridgehead atoms. The summed E-state index contributed by atoms with van der Waals surface area (Å²) in [4.78, 5) is 16.8. The molecule has 3 rings (SSSR count). The number of halogens is 2. The molecule has 1 N–H and O–H groups in total. The third-order valence-corrected chi connectivity index (χ3v) is 5.41. The predicted octanol–water partition coefficient (Wildman–Crippen LogP) is 4.26. The van der Waals surface area contributed by atoms with E-state index in [1.165, 1.54) is 0 Å². The second-order valence-electron chi connectivity index (χ2n) is 6.38. The topological polar surface area (TPSA) is 44.8 Å². The lowest BCUT2D eigenvalue weighted by Gasteiger charge is -2.36. The van der Waals surface area contributed by atoms with Crippen molar-refractivity contribution in [1.29, 1.82) is 0 Å². The first kappa shape index (κ1) is 20.0. The first-order valence-corrected chi connectivity index (χ1v) is 10.2. The lowest BCUT2D eigenvalue weighted by Crippen LogP contribution is -2.46. The van der Waals surface area contributed by atoms with E-state index < -0.39 is 0 Å². The summed E-state index contributed by atoms with van der Waals surface area (Å²) in [5, 5.41) is 3.47. The number of benzene rings is 2. The van der Waals surface area contributed by atoms with Crippen molar-refractivity contribution in [3.8, 4) is 5.75 Å². The van der Waals surface area contributed by atoms with Crippen molar-refractivity contribution < 1.29 is 9.53 Å². The van der Waals surface area contributed by atoms with Crippen LogP contribution in [0.15, 0.2) is 46.9 Å². The maximum Gasteiger partial charge on any atom is 0.262 e. The number of nitrogens with one attached hydrogen (secondary N) is 1. The highest BCUT2D eigenvalue weighted by Crippen LogP contribution is 2.29. The van der Waals surface area contributed by atoms with Crippen molar-refractivity contribution in [2.75, 3.05) is 49.5 Å². The van der Waals surface area contributed by atoms with Crippen LogP contribution in [0.1, 0.15) is 6.92 Å². The van der Waals surface area contributed by atoms with Crippen molar-refractivity contribution in [2.45, 2.75) is 6.92 Å². The van der Waals surface area contributed by atoms with E-state index >= 15 is 0 Å². The quantitative estimate of drug-likeness (QED) is 0.711. The van der Waals surface area contributed by atoms with Gasteiger partial charge in [-0.25, -0.2) is 0 Å². The molecule has 1 aliphatic heterocycles. The van der Waals surface area contributed by atoms with Crippen molar-refractivity contribution in [2.24, 2.45) is 0 Å². The van der Waals surface area contributed by atoms with Crippen LogP contribution in [0.3, 0.4) is 0 Å². The van der Waals surface area contributed by atoms with Gasteiger partial charge < -0.3 is 19.9 Å². The van der Waals surface area contributed by atoms with Gasteiger partial charge in [-0.2, -0.15) is 0 Å². The molecule has 0 spiro atoms. The van der Waals surface area contributed by atoms with Crippen LogP contribution in [-0.4, -0.2) is 50.1 Å². The van der Waals surface area contributed by atoms with Crippen molar-refractivity contribution in [3.63, 3.8) is 0 Å². The SMILES string of the molecule is CCN1CCN(c2ccc(NC(=O)COc3ccc(Br)cc3)cc2Cl)CC1. The van der Waals surface area contributed by atoms with Crippen molar-refractivity contribution in [3.05, 3.63) is 52.0 Å². The van der Waals surface area contributed by atoms with Gasteiger partial charge in [0.25, 0.3) is 5.91 Å². The second-order valence-corrected chi connectivity index (χ2v) is 7.70. The Bertz CT molecular complexity index is 777. The molecule has 0 unspecified atom stereocenters. The van der Waals surface area contributed by atoms with Gasteiger partial charge in [0, 0.05) is 36.3 Å². The number of likely N-dealkylation sites (N-methyl/N-ethyl adjacent to an activating group) is 1. The minimum absolute atomic E-state index is 0.0556. The van der Waals surface area contributed by atoms with E-state index in [4.69, 9.17) is 16.3 Å². The molecule has 0 aromatic heterocycles. The molecule has 1 heterocycles. The van der Waals surface area contributed by atoms with Gasteiger partial charge in [0.2, 0.25) is 0 Å². The fourth-order valence-corrected chi connectivity index (χ4v) is 3.59. The van der Waals surface area contributed by atoms with Gasteiger partial charge >= 0.3 is 0 Å². The van der Waals surface area contributed by atoms with E-state index in [9.17, 15) is 4.79 Å². The van der Waals surface area contributed by atoms with Gasteiger partial charge in [-0.1, -0.05) is 34.5 Å². The Morgan fingerprint density at radius 2 is 1.85 bits per heavy atom. The number of ether oxygens (including phenoxy) is 1. The second kappa shape index (κ2) is 9.44. The number of piperazine rings is 1. The zero-order valence-electron chi connectivity index (χ0n) is 15.3. The predicted molar refractivity (Wildman–Crippen MR) is 114 cm³/mol. The Morgan fingerprint density at radius 3 is 2.48 bits per heavy atom. The van der Waals surface area contributed by atoms with E-state index in [0.717, 1.165) is 42.9 Å². The highest BCUT2D eigenvalue weighted by Gasteiger charge is 2.18. The number of nitrogens with zero attached hydrogens (tertiary/aromatic N) is 2. The van der Waals surface area contributed by atoms with Gasteiger partial charge in [-0.3, -0.25) is 4.79 Å². The molecule has 0 saturated carbocycles. The zero-order chi connectivity index (χ0) is 19.2. The largest absolute Gasteiger partial charge is 0.484 e. The number of rotatable bonds is 6. The molecule has 144 valence electrons. The van der Waals surface area contributed by atoms with Crippen LogP contribution in [0.25, 0.3) is 0 Å². The minimum atomic E-state index is -0.224. The lowest BCUT2D eigenvalue weighted by molar-refractivity contribution is -0.118. The molecule has 1 amide bonds. The number of anilines is 2. The summed E-state index contributed by atoms with van der Waals surface area (Å²) in [6.07, 6.45) is 0. The monoisotopic (exact) mass is 451 g/mol. The summed E-state index contributed by atoms with van der Waals surface area (Å²) in [6.45, 7) is 7.20. The smallest absolute Gasteiger partial charge is 0.262 e. The van der Waals surface area contributed by atoms with Gasteiger partial charge in [-0.15, -0.1) is 0 Å². The van der Waals surface area contributed by atoms with Gasteiger partial charge in [0.05, 0.1) is 10.7 Å². The molecular weight excluding hydrogens is 430 g/mol. The molecular formula is C20H23BrClN3O2. The first-order valence-electron chi connectivity index (χ1n) is 9.00. The summed E-state index contributed by atoms with van der Waals surface area (Å²) in [5.74, 6) is 0.422. The summed E-state index contributed by atoms with van der Waals surface area (Å²) in [6, 6.07) is 13.0. The fraction of sp³-hybridized carbons (Fsp3) is 0.350. The molecule has 27 heavy (non-hydrogen) atoms. The van der Waals surface area contributed by atoms with Crippen molar-refractivity contribution in [1.82, 2.24) is 4.90 Å². The number of hydrogen-bond donors (Lipinski definition) is 1. The minimum Gasteiger partial charge on any atom is -0.484 e. The fourth-order valence-electron chi connectivity index (χ4n) is 3.02. The van der Waals surface area contributed by atoms with E-state index in [2.05, 4.69) is 38.0 Å². The van der Waals surface area contributed by atoms with E-state index in [1.807, 2.05) is 24.3 Å². The summed E-state index contributed by atoms with van der Waals surface area (Å²) >= 11 is 9.83. The van der Waals surface area contributed by atoms with Crippen molar-refractivity contribution >= 4 is 44.8 Å². The van der Waals surface area contributed by atoms with E-state index in [0.29, 0.717) is 16.5 Å². The highest BCUT2D eigenvalue weighted by molar-refractivity contribution is 9.10. The van der Waals surface area contributed by atoms with Crippen LogP contribution in [0.5, 0.6) is 5.75 Å². The molecule has 0 aliphatic carbocycles. The molecule has 1 fully saturated rings. The van der Waals surface area contributed by atoms with Crippen LogP contribution >= 0.6 is 27.5 Å². The van der Waals surface area contributed by atoms with Gasteiger partial charge in [-0.05, 0) is 49.0 Å². The van der Waals surface area contributed by atoms with E-state index in [1.54, 1.807) is 18.2 Å². The van der Waals surface area contributed by atoms with Gasteiger partial charge in [0.15, 0.2) is 6.61 Å². The summed E-state index contributed by atoms with van der Waals surface area (Å²) in [5.41, 5.74) is 1.68. The number of carbonyl (C=O) groups is 1. The third kappa shape index (κ3) is 5.61. The maximum atomic E-state index is 12.1. The van der Waals surface area contributed by atoms with Gasteiger partial charge in [0.1, 0.15) is 5.75 Å². The van der Waals surface area contributed by atoms with Crippen LogP contribution in [-0.2, 0) is 4.79 Å². The average molecular weight is 453 g/mol. The third-order valence-electron chi connectivity index (χ3n) is 4.58. The average Bonchev–Trinajstić information content (AvgIpc) is 2.68. The summed E-state index contributed by atoms with van der Waals surface area (Å²) < 4.78 is 6.45.